The summed E-state index contributed by atoms with van der Waals surface area (Å²) in [6, 6.07) is 11.9. The van der Waals surface area contributed by atoms with Gasteiger partial charge in [0.25, 0.3) is 0 Å². The SMILES string of the molecule is BrCCOc1ccc(Oc2c(Br)sc3c2ccc2c3cnn2C2CCCCO2)cc1. The van der Waals surface area contributed by atoms with Gasteiger partial charge in [0.15, 0.2) is 12.0 Å². The third-order valence-electron chi connectivity index (χ3n) is 5.16. The Morgan fingerprint density at radius 3 is 2.70 bits per heavy atom. The molecule has 1 aliphatic rings. The Bertz CT molecular complexity index is 1170. The van der Waals surface area contributed by atoms with E-state index in [0.717, 1.165) is 66.8 Å². The van der Waals surface area contributed by atoms with Crippen LogP contribution in [0.3, 0.4) is 0 Å². The molecule has 0 N–H and O–H groups in total. The molecule has 0 amide bonds. The van der Waals surface area contributed by atoms with E-state index in [1.165, 1.54) is 6.42 Å². The van der Waals surface area contributed by atoms with Crippen molar-refractivity contribution in [2.75, 3.05) is 18.5 Å². The summed E-state index contributed by atoms with van der Waals surface area (Å²) < 4.78 is 21.9. The van der Waals surface area contributed by atoms with Gasteiger partial charge >= 0.3 is 0 Å². The number of thiophene rings is 1. The van der Waals surface area contributed by atoms with Gasteiger partial charge in [-0.2, -0.15) is 5.10 Å². The van der Waals surface area contributed by atoms with E-state index in [2.05, 4.69) is 49.1 Å². The standard InChI is InChI=1S/C22H20Br2N2O3S/c23-10-12-27-14-4-6-15(7-5-14)29-20-16-8-9-18-17(21(16)30-22(20)24)13-25-26(18)19-3-1-2-11-28-19/h4-9,13,19H,1-3,10-12H2. The third-order valence-corrected chi connectivity index (χ3v) is 7.34. The predicted molar refractivity (Wildman–Crippen MR) is 127 cm³/mol. The molecule has 2 aromatic carbocycles. The quantitative estimate of drug-likeness (QED) is 0.236. The molecule has 5 rings (SSSR count). The molecule has 1 atom stereocenters. The van der Waals surface area contributed by atoms with Crippen LogP contribution in [0.5, 0.6) is 17.2 Å². The van der Waals surface area contributed by atoms with Gasteiger partial charge in [-0.05, 0) is 71.6 Å². The first-order valence-corrected chi connectivity index (χ1v) is 12.6. The molecule has 2 aromatic heterocycles. The Morgan fingerprint density at radius 2 is 1.93 bits per heavy atom. The normalized spacial score (nSPS) is 16.9. The number of aromatic nitrogens is 2. The lowest BCUT2D eigenvalue weighted by molar-refractivity contribution is -0.0366. The highest BCUT2D eigenvalue weighted by molar-refractivity contribution is 9.11. The summed E-state index contributed by atoms with van der Waals surface area (Å²) in [6.45, 7) is 1.44. The maximum Gasteiger partial charge on any atom is 0.160 e. The fourth-order valence-corrected chi connectivity index (χ4v) is 5.65. The average molecular weight is 552 g/mol. The number of fused-ring (bicyclic) bond motifs is 3. The van der Waals surface area contributed by atoms with Gasteiger partial charge in [0.2, 0.25) is 0 Å². The van der Waals surface area contributed by atoms with E-state index in [1.807, 2.05) is 35.1 Å². The van der Waals surface area contributed by atoms with Gasteiger partial charge in [-0.25, -0.2) is 4.68 Å². The molecule has 1 aliphatic heterocycles. The van der Waals surface area contributed by atoms with Crippen LogP contribution in [0.15, 0.2) is 46.4 Å². The van der Waals surface area contributed by atoms with Crippen molar-refractivity contribution in [1.82, 2.24) is 9.78 Å². The Balaban J connectivity index is 1.47. The van der Waals surface area contributed by atoms with Gasteiger partial charge in [0.1, 0.15) is 15.3 Å². The lowest BCUT2D eigenvalue weighted by atomic mass is 10.1. The summed E-state index contributed by atoms with van der Waals surface area (Å²) in [5.74, 6) is 2.43. The van der Waals surface area contributed by atoms with Gasteiger partial charge in [-0.3, -0.25) is 0 Å². The van der Waals surface area contributed by atoms with Crippen LogP contribution >= 0.6 is 43.2 Å². The maximum absolute atomic E-state index is 6.24. The van der Waals surface area contributed by atoms with Crippen molar-refractivity contribution >= 4 is 64.2 Å². The molecule has 30 heavy (non-hydrogen) atoms. The summed E-state index contributed by atoms with van der Waals surface area (Å²) in [5, 5.41) is 7.65. The average Bonchev–Trinajstić information content (AvgIpc) is 3.35. The molecule has 156 valence electrons. The van der Waals surface area contributed by atoms with E-state index in [4.69, 9.17) is 14.2 Å². The van der Waals surface area contributed by atoms with Crippen molar-refractivity contribution < 1.29 is 14.2 Å². The van der Waals surface area contributed by atoms with Crippen molar-refractivity contribution in [3.63, 3.8) is 0 Å². The fraction of sp³-hybridized carbons (Fsp3) is 0.318. The van der Waals surface area contributed by atoms with E-state index < -0.39 is 0 Å². The van der Waals surface area contributed by atoms with E-state index in [-0.39, 0.29) is 6.23 Å². The summed E-state index contributed by atoms with van der Waals surface area (Å²) >= 11 is 8.73. The van der Waals surface area contributed by atoms with Crippen LogP contribution in [0.1, 0.15) is 25.5 Å². The molecule has 1 fully saturated rings. The topological polar surface area (TPSA) is 45.5 Å². The highest BCUT2D eigenvalue weighted by Gasteiger charge is 2.21. The van der Waals surface area contributed by atoms with Crippen molar-refractivity contribution in [3.05, 3.63) is 46.4 Å². The van der Waals surface area contributed by atoms with Crippen LogP contribution in [0.4, 0.5) is 0 Å². The number of alkyl halides is 1. The smallest absolute Gasteiger partial charge is 0.160 e. The zero-order valence-corrected chi connectivity index (χ0v) is 20.1. The highest BCUT2D eigenvalue weighted by Crippen LogP contribution is 2.46. The van der Waals surface area contributed by atoms with Crippen molar-refractivity contribution in [1.29, 1.82) is 0 Å². The number of ether oxygens (including phenoxy) is 3. The number of halogens is 2. The molecule has 0 bridgehead atoms. The summed E-state index contributed by atoms with van der Waals surface area (Å²) in [5.41, 5.74) is 1.10. The molecule has 0 aliphatic carbocycles. The molecule has 3 heterocycles. The van der Waals surface area contributed by atoms with Crippen molar-refractivity contribution in [3.8, 4) is 17.2 Å². The van der Waals surface area contributed by atoms with Gasteiger partial charge in [-0.15, -0.1) is 11.3 Å². The molecule has 8 heteroatoms. The first-order chi connectivity index (χ1) is 14.7. The zero-order valence-electron chi connectivity index (χ0n) is 16.1. The van der Waals surface area contributed by atoms with E-state index in [1.54, 1.807) is 11.3 Å². The second-order valence-corrected chi connectivity index (χ2v) is 10.2. The lowest BCUT2D eigenvalue weighted by Crippen LogP contribution is -2.18. The molecule has 1 unspecified atom stereocenters. The molecular weight excluding hydrogens is 532 g/mol. The van der Waals surface area contributed by atoms with Crippen LogP contribution in [0, 0.1) is 0 Å². The van der Waals surface area contributed by atoms with Gasteiger partial charge in [0, 0.05) is 22.7 Å². The van der Waals surface area contributed by atoms with E-state index in [9.17, 15) is 0 Å². The first kappa shape index (κ1) is 20.3. The number of hydrogen-bond acceptors (Lipinski definition) is 5. The summed E-state index contributed by atoms with van der Waals surface area (Å²) in [6.07, 6.45) is 5.28. The Kier molecular flexibility index (Phi) is 6.00. The molecule has 5 nitrogen and oxygen atoms in total. The van der Waals surface area contributed by atoms with Gasteiger partial charge in [-0.1, -0.05) is 15.9 Å². The molecular formula is C22H20Br2N2O3S. The minimum absolute atomic E-state index is 0.0260. The number of rotatable bonds is 6. The van der Waals surface area contributed by atoms with Gasteiger partial charge in [0.05, 0.1) is 23.0 Å². The van der Waals surface area contributed by atoms with Crippen LogP contribution < -0.4 is 9.47 Å². The zero-order chi connectivity index (χ0) is 20.5. The minimum atomic E-state index is 0.0260. The lowest BCUT2D eigenvalue weighted by Gasteiger charge is -2.23. The Labute approximate surface area is 195 Å². The first-order valence-electron chi connectivity index (χ1n) is 9.91. The minimum Gasteiger partial charge on any atom is -0.493 e. The monoisotopic (exact) mass is 550 g/mol. The number of hydrogen-bond donors (Lipinski definition) is 0. The highest BCUT2D eigenvalue weighted by atomic mass is 79.9. The van der Waals surface area contributed by atoms with E-state index in [0.29, 0.717) is 6.61 Å². The van der Waals surface area contributed by atoms with Crippen molar-refractivity contribution in [2.45, 2.75) is 25.5 Å². The molecule has 1 saturated heterocycles. The molecule has 0 radical (unpaired) electrons. The molecule has 0 saturated carbocycles. The largest absolute Gasteiger partial charge is 0.493 e. The second-order valence-electron chi connectivity index (χ2n) is 7.10. The Hall–Kier alpha value is -1.61. The second kappa shape index (κ2) is 8.86. The molecule has 4 aromatic rings. The number of benzene rings is 2. The summed E-state index contributed by atoms with van der Waals surface area (Å²) in [7, 11) is 0. The maximum atomic E-state index is 6.24. The fourth-order valence-electron chi connectivity index (χ4n) is 3.75. The third kappa shape index (κ3) is 3.86. The Morgan fingerprint density at radius 1 is 1.10 bits per heavy atom. The van der Waals surface area contributed by atoms with Crippen LogP contribution in [0.2, 0.25) is 0 Å². The van der Waals surface area contributed by atoms with E-state index >= 15 is 0 Å². The predicted octanol–water partition coefficient (Wildman–Crippen LogP) is 7.28. The van der Waals surface area contributed by atoms with Crippen LogP contribution in [-0.4, -0.2) is 28.3 Å². The molecule has 0 spiro atoms. The summed E-state index contributed by atoms with van der Waals surface area (Å²) in [4.78, 5) is 0. The van der Waals surface area contributed by atoms with Gasteiger partial charge < -0.3 is 14.2 Å². The van der Waals surface area contributed by atoms with Crippen LogP contribution in [0.25, 0.3) is 21.0 Å². The number of nitrogens with zero attached hydrogens (tertiary/aromatic N) is 2. The van der Waals surface area contributed by atoms with Crippen molar-refractivity contribution in [2.24, 2.45) is 0 Å². The van der Waals surface area contributed by atoms with Crippen LogP contribution in [-0.2, 0) is 4.74 Å².